The summed E-state index contributed by atoms with van der Waals surface area (Å²) in [7, 11) is 0. The van der Waals surface area contributed by atoms with Crippen LogP contribution in [0.4, 0.5) is 0 Å². The summed E-state index contributed by atoms with van der Waals surface area (Å²) in [6, 6.07) is 9.20. The third-order valence-electron chi connectivity index (χ3n) is 3.58. The predicted molar refractivity (Wildman–Crippen MR) is 77.9 cm³/mol. The van der Waals surface area contributed by atoms with Crippen LogP contribution in [0.3, 0.4) is 0 Å². The first kappa shape index (κ1) is 13.0. The lowest BCUT2D eigenvalue weighted by Gasteiger charge is -2.22. The molecule has 17 heavy (non-hydrogen) atoms. The van der Waals surface area contributed by atoms with Gasteiger partial charge in [-0.15, -0.1) is 11.8 Å². The van der Waals surface area contributed by atoms with Gasteiger partial charge in [-0.25, -0.2) is 0 Å². The largest absolute Gasteiger partial charge is 0.123 e. The monoisotopic (exact) mass is 248 g/mol. The van der Waals surface area contributed by atoms with Gasteiger partial charge in [-0.1, -0.05) is 52.2 Å². The van der Waals surface area contributed by atoms with Crippen LogP contribution < -0.4 is 0 Å². The lowest BCUT2D eigenvalue weighted by Crippen LogP contribution is -2.11. The van der Waals surface area contributed by atoms with Crippen molar-refractivity contribution in [1.29, 1.82) is 0 Å². The fraction of sp³-hybridized carbons (Fsp3) is 0.625. The molecular formula is C16H24S. The van der Waals surface area contributed by atoms with Crippen LogP contribution in [0.25, 0.3) is 0 Å². The van der Waals surface area contributed by atoms with Crippen molar-refractivity contribution in [3.8, 4) is 0 Å². The van der Waals surface area contributed by atoms with E-state index in [9.17, 15) is 0 Å². The first-order valence-corrected chi connectivity index (χ1v) is 7.71. The molecule has 1 heteroatoms. The zero-order valence-electron chi connectivity index (χ0n) is 11.3. The fourth-order valence-electron chi connectivity index (χ4n) is 2.41. The Hall–Kier alpha value is -0.430. The lowest BCUT2D eigenvalue weighted by atomic mass is 9.87. The minimum Gasteiger partial charge on any atom is -0.123 e. The Kier molecular flexibility index (Phi) is 4.19. The van der Waals surface area contributed by atoms with Crippen LogP contribution >= 0.6 is 11.8 Å². The van der Waals surface area contributed by atoms with E-state index in [2.05, 4.69) is 56.8 Å². The first-order chi connectivity index (χ1) is 8.05. The predicted octanol–water partition coefficient (Wildman–Crippen LogP) is 5.41. The molecule has 1 fully saturated rings. The second-order valence-electron chi connectivity index (χ2n) is 6.15. The summed E-state index contributed by atoms with van der Waals surface area (Å²) in [6.07, 6.45) is 7.12. The summed E-state index contributed by atoms with van der Waals surface area (Å²) in [4.78, 5) is 1.45. The highest BCUT2D eigenvalue weighted by atomic mass is 32.2. The van der Waals surface area contributed by atoms with Crippen LogP contribution in [0, 0.1) is 0 Å². The Morgan fingerprint density at radius 1 is 0.941 bits per heavy atom. The van der Waals surface area contributed by atoms with Gasteiger partial charge in [-0.2, -0.15) is 0 Å². The maximum absolute atomic E-state index is 2.31. The van der Waals surface area contributed by atoms with Gasteiger partial charge in [0.25, 0.3) is 0 Å². The Morgan fingerprint density at radius 2 is 1.53 bits per heavy atom. The smallest absolute Gasteiger partial charge is 0.00944 e. The van der Waals surface area contributed by atoms with Crippen LogP contribution in [0.15, 0.2) is 29.2 Å². The molecule has 1 aromatic rings. The van der Waals surface area contributed by atoms with Gasteiger partial charge < -0.3 is 0 Å². The lowest BCUT2D eigenvalue weighted by molar-refractivity contribution is 0.516. The van der Waals surface area contributed by atoms with E-state index in [4.69, 9.17) is 0 Å². The molecule has 94 valence electrons. The molecule has 0 aromatic heterocycles. The van der Waals surface area contributed by atoms with Crippen LogP contribution in [-0.4, -0.2) is 5.25 Å². The molecule has 1 aromatic carbocycles. The van der Waals surface area contributed by atoms with Gasteiger partial charge in [-0.3, -0.25) is 0 Å². The van der Waals surface area contributed by atoms with Gasteiger partial charge in [-0.05, 0) is 36.0 Å². The van der Waals surface area contributed by atoms with E-state index in [1.165, 1.54) is 42.6 Å². The Labute approximate surface area is 110 Å². The molecule has 0 radical (unpaired) electrons. The number of hydrogen-bond donors (Lipinski definition) is 0. The first-order valence-electron chi connectivity index (χ1n) is 6.83. The second-order valence-corrected chi connectivity index (χ2v) is 7.53. The van der Waals surface area contributed by atoms with Crippen molar-refractivity contribution in [2.45, 2.75) is 68.4 Å². The van der Waals surface area contributed by atoms with Crippen molar-refractivity contribution in [2.24, 2.45) is 0 Å². The molecule has 0 spiro atoms. The summed E-state index contributed by atoms with van der Waals surface area (Å²) in [5, 5.41) is 0.865. The van der Waals surface area contributed by atoms with Gasteiger partial charge in [0.1, 0.15) is 0 Å². The highest BCUT2D eigenvalue weighted by Crippen LogP contribution is 2.34. The third-order valence-corrected chi connectivity index (χ3v) is 4.92. The molecule has 0 saturated heterocycles. The highest BCUT2D eigenvalue weighted by molar-refractivity contribution is 8.00. The van der Waals surface area contributed by atoms with Crippen molar-refractivity contribution < 1.29 is 0 Å². The quantitative estimate of drug-likeness (QED) is 0.674. The van der Waals surface area contributed by atoms with Crippen molar-refractivity contribution in [3.63, 3.8) is 0 Å². The topological polar surface area (TPSA) is 0 Å². The highest BCUT2D eigenvalue weighted by Gasteiger charge is 2.16. The minimum atomic E-state index is 0.272. The third kappa shape index (κ3) is 3.77. The molecular weight excluding hydrogens is 224 g/mol. The van der Waals surface area contributed by atoms with Crippen molar-refractivity contribution in [3.05, 3.63) is 29.8 Å². The van der Waals surface area contributed by atoms with Crippen molar-refractivity contribution in [1.82, 2.24) is 0 Å². The standard InChI is InChI=1S/C16H24S/c1-16(2,3)13-9-11-15(12-10-13)17-14-7-5-4-6-8-14/h9-12,14H,4-8H2,1-3H3. The van der Waals surface area contributed by atoms with Crippen LogP contribution in [0.5, 0.6) is 0 Å². The zero-order chi connectivity index (χ0) is 12.3. The molecule has 0 aliphatic heterocycles. The summed E-state index contributed by atoms with van der Waals surface area (Å²) in [6.45, 7) is 6.82. The molecule has 0 unspecified atom stereocenters. The van der Waals surface area contributed by atoms with Crippen LogP contribution in [0.1, 0.15) is 58.4 Å². The summed E-state index contributed by atoms with van der Waals surface area (Å²) >= 11 is 2.08. The molecule has 1 saturated carbocycles. The molecule has 0 nitrogen and oxygen atoms in total. The maximum Gasteiger partial charge on any atom is 0.00944 e. The Balaban J connectivity index is 1.98. The number of rotatable bonds is 2. The van der Waals surface area contributed by atoms with E-state index in [0.717, 1.165) is 5.25 Å². The normalized spacial score (nSPS) is 18.3. The molecule has 0 atom stereocenters. The Bertz CT molecular complexity index is 339. The van der Waals surface area contributed by atoms with Gasteiger partial charge >= 0.3 is 0 Å². The Morgan fingerprint density at radius 3 is 2.06 bits per heavy atom. The molecule has 1 aliphatic carbocycles. The summed E-state index contributed by atoms with van der Waals surface area (Å²) < 4.78 is 0. The summed E-state index contributed by atoms with van der Waals surface area (Å²) in [5.74, 6) is 0. The molecule has 0 N–H and O–H groups in total. The average Bonchev–Trinajstić information content (AvgIpc) is 2.30. The van der Waals surface area contributed by atoms with Gasteiger partial charge in [0.2, 0.25) is 0 Å². The molecule has 0 heterocycles. The molecule has 1 aliphatic rings. The number of benzene rings is 1. The number of hydrogen-bond acceptors (Lipinski definition) is 1. The van der Waals surface area contributed by atoms with Gasteiger partial charge in [0.15, 0.2) is 0 Å². The molecule has 0 amide bonds. The zero-order valence-corrected chi connectivity index (χ0v) is 12.1. The minimum absolute atomic E-state index is 0.272. The van der Waals surface area contributed by atoms with Crippen molar-refractivity contribution >= 4 is 11.8 Å². The van der Waals surface area contributed by atoms with E-state index >= 15 is 0 Å². The van der Waals surface area contributed by atoms with E-state index in [1.54, 1.807) is 0 Å². The maximum atomic E-state index is 2.31. The van der Waals surface area contributed by atoms with E-state index in [-0.39, 0.29) is 5.41 Å². The van der Waals surface area contributed by atoms with Gasteiger partial charge in [0.05, 0.1) is 0 Å². The average molecular weight is 248 g/mol. The van der Waals surface area contributed by atoms with Crippen LogP contribution in [0.2, 0.25) is 0 Å². The van der Waals surface area contributed by atoms with Crippen molar-refractivity contribution in [2.75, 3.05) is 0 Å². The van der Waals surface area contributed by atoms with Gasteiger partial charge in [0, 0.05) is 10.1 Å². The second kappa shape index (κ2) is 5.48. The van der Waals surface area contributed by atoms with E-state index < -0.39 is 0 Å². The fourth-order valence-corrected chi connectivity index (χ4v) is 3.66. The van der Waals surface area contributed by atoms with E-state index in [0.29, 0.717) is 0 Å². The number of thioether (sulfide) groups is 1. The molecule has 0 bridgehead atoms. The van der Waals surface area contributed by atoms with E-state index in [1.807, 2.05) is 0 Å². The SMILES string of the molecule is CC(C)(C)c1ccc(SC2CCCCC2)cc1. The van der Waals surface area contributed by atoms with Crippen LogP contribution in [-0.2, 0) is 5.41 Å². The summed E-state index contributed by atoms with van der Waals surface area (Å²) in [5.41, 5.74) is 1.71. The molecule has 2 rings (SSSR count).